The number of anilines is 1. The number of amides is 1. The van der Waals surface area contributed by atoms with Crippen LogP contribution in [-0.2, 0) is 4.79 Å². The van der Waals surface area contributed by atoms with Crippen molar-refractivity contribution in [3.8, 4) is 0 Å². The monoisotopic (exact) mass is 487 g/mol. The molecule has 0 spiro atoms. The summed E-state index contributed by atoms with van der Waals surface area (Å²) in [5.74, 6) is -2.38. The lowest BCUT2D eigenvalue weighted by atomic mass is 9.99. The number of alkyl halides is 3. The van der Waals surface area contributed by atoms with Crippen LogP contribution < -0.4 is 5.32 Å². The SMILES string of the molecule is Cc1c(Br)cc(C=C2C(=O)Nc3ccc(C(=O)C(F)(F)F)cc32)cc1Br. The molecule has 0 saturated carbocycles. The highest BCUT2D eigenvalue weighted by atomic mass is 79.9. The van der Waals surface area contributed by atoms with Crippen molar-refractivity contribution >= 4 is 60.9 Å². The lowest BCUT2D eigenvalue weighted by molar-refractivity contribution is -0.110. The van der Waals surface area contributed by atoms with E-state index in [9.17, 15) is 22.8 Å². The molecule has 2 aromatic carbocycles. The van der Waals surface area contributed by atoms with Crippen LogP contribution in [0.4, 0.5) is 18.9 Å². The van der Waals surface area contributed by atoms with Gasteiger partial charge in [-0.2, -0.15) is 13.2 Å². The Hall–Kier alpha value is -1.93. The van der Waals surface area contributed by atoms with Crippen molar-refractivity contribution in [3.63, 3.8) is 0 Å². The average Bonchev–Trinajstić information content (AvgIpc) is 2.86. The molecule has 0 unspecified atom stereocenters. The number of Topliss-reactive ketones (excluding diaryl/α,β-unsaturated/α-hetero) is 1. The Morgan fingerprint density at radius 2 is 1.73 bits per heavy atom. The summed E-state index contributed by atoms with van der Waals surface area (Å²) >= 11 is 6.83. The number of ketones is 1. The highest BCUT2D eigenvalue weighted by Gasteiger charge is 2.40. The fourth-order valence-electron chi connectivity index (χ4n) is 2.55. The second kappa shape index (κ2) is 6.66. The standard InChI is InChI=1S/C18H10Br2F3NO2/c1-8-13(19)5-9(6-14(8)20)4-12-11-7-10(16(25)18(21,22)23)2-3-15(11)24-17(12)26/h2-7H,1H3,(H,24,26). The molecule has 0 bridgehead atoms. The molecule has 1 aliphatic heterocycles. The summed E-state index contributed by atoms with van der Waals surface area (Å²) in [7, 11) is 0. The van der Waals surface area contributed by atoms with E-state index < -0.39 is 23.4 Å². The molecule has 134 valence electrons. The molecule has 2 aromatic rings. The van der Waals surface area contributed by atoms with Gasteiger partial charge in [0.2, 0.25) is 0 Å². The van der Waals surface area contributed by atoms with Gasteiger partial charge in [0.05, 0.1) is 0 Å². The number of rotatable bonds is 2. The molecule has 3 rings (SSSR count). The summed E-state index contributed by atoms with van der Waals surface area (Å²) in [5, 5.41) is 2.59. The zero-order valence-corrected chi connectivity index (χ0v) is 16.3. The minimum Gasteiger partial charge on any atom is -0.321 e. The van der Waals surface area contributed by atoms with Gasteiger partial charge < -0.3 is 5.32 Å². The molecule has 1 amide bonds. The van der Waals surface area contributed by atoms with Crippen molar-refractivity contribution in [2.45, 2.75) is 13.1 Å². The van der Waals surface area contributed by atoms with Crippen molar-refractivity contribution in [3.05, 3.63) is 61.5 Å². The van der Waals surface area contributed by atoms with Gasteiger partial charge in [-0.3, -0.25) is 9.59 Å². The number of hydrogen-bond acceptors (Lipinski definition) is 2. The van der Waals surface area contributed by atoms with Crippen molar-refractivity contribution in [2.24, 2.45) is 0 Å². The molecule has 0 aliphatic carbocycles. The summed E-state index contributed by atoms with van der Waals surface area (Å²) in [6.45, 7) is 1.90. The Bertz CT molecular complexity index is 958. The van der Waals surface area contributed by atoms with Crippen LogP contribution in [0.25, 0.3) is 11.6 Å². The summed E-state index contributed by atoms with van der Waals surface area (Å²) in [6.07, 6.45) is -3.40. The zero-order valence-electron chi connectivity index (χ0n) is 13.2. The van der Waals surface area contributed by atoms with Gasteiger partial charge >= 0.3 is 6.18 Å². The zero-order chi connectivity index (χ0) is 19.2. The van der Waals surface area contributed by atoms with E-state index in [1.165, 1.54) is 6.07 Å². The second-order valence-electron chi connectivity index (χ2n) is 5.71. The molecule has 0 radical (unpaired) electrons. The number of hydrogen-bond donors (Lipinski definition) is 1. The van der Waals surface area contributed by atoms with E-state index >= 15 is 0 Å². The van der Waals surface area contributed by atoms with E-state index in [0.717, 1.165) is 26.6 Å². The molecular weight excluding hydrogens is 479 g/mol. The van der Waals surface area contributed by atoms with Crippen molar-refractivity contribution < 1.29 is 22.8 Å². The van der Waals surface area contributed by atoms with E-state index in [-0.39, 0.29) is 11.1 Å². The Morgan fingerprint density at radius 1 is 1.12 bits per heavy atom. The van der Waals surface area contributed by atoms with Gasteiger partial charge in [-0.25, -0.2) is 0 Å². The largest absolute Gasteiger partial charge is 0.454 e. The predicted molar refractivity (Wildman–Crippen MR) is 99.9 cm³/mol. The van der Waals surface area contributed by atoms with Crippen LogP contribution >= 0.6 is 31.9 Å². The number of carbonyl (C=O) groups is 2. The molecule has 0 fully saturated rings. The first kappa shape index (κ1) is 18.8. The number of benzene rings is 2. The van der Waals surface area contributed by atoms with Gasteiger partial charge in [-0.05, 0) is 54.5 Å². The normalized spacial score (nSPS) is 15.2. The minimum atomic E-state index is -4.97. The third kappa shape index (κ3) is 3.48. The molecule has 1 N–H and O–H groups in total. The van der Waals surface area contributed by atoms with Crippen molar-refractivity contribution in [1.29, 1.82) is 0 Å². The third-order valence-electron chi connectivity index (χ3n) is 3.94. The molecule has 1 aliphatic rings. The Labute approximate surface area is 163 Å². The lowest BCUT2D eigenvalue weighted by Gasteiger charge is -2.07. The van der Waals surface area contributed by atoms with Crippen LogP contribution in [0.5, 0.6) is 0 Å². The van der Waals surface area contributed by atoms with E-state index in [4.69, 9.17) is 0 Å². The van der Waals surface area contributed by atoms with Crippen LogP contribution in [0, 0.1) is 6.92 Å². The van der Waals surface area contributed by atoms with E-state index in [2.05, 4.69) is 37.2 Å². The lowest BCUT2D eigenvalue weighted by Crippen LogP contribution is -2.22. The highest BCUT2D eigenvalue weighted by molar-refractivity contribution is 9.11. The fraction of sp³-hybridized carbons (Fsp3) is 0.111. The quantitative estimate of drug-likeness (QED) is 0.431. The topological polar surface area (TPSA) is 46.2 Å². The maximum atomic E-state index is 12.7. The molecular formula is C18H10Br2F3NO2. The highest BCUT2D eigenvalue weighted by Crippen LogP contribution is 2.36. The van der Waals surface area contributed by atoms with Gasteiger partial charge in [0.25, 0.3) is 11.7 Å². The maximum Gasteiger partial charge on any atom is 0.454 e. The van der Waals surface area contributed by atoms with E-state index in [0.29, 0.717) is 11.3 Å². The Kier molecular flexibility index (Phi) is 4.83. The summed E-state index contributed by atoms with van der Waals surface area (Å²) in [5.41, 5.74) is 1.97. The molecule has 0 saturated heterocycles. The number of nitrogens with one attached hydrogen (secondary N) is 1. The van der Waals surface area contributed by atoms with Gasteiger partial charge in [0.15, 0.2) is 0 Å². The fourth-order valence-corrected chi connectivity index (χ4v) is 3.77. The number of halogens is 5. The minimum absolute atomic E-state index is 0.194. The molecule has 0 atom stereocenters. The molecule has 1 heterocycles. The van der Waals surface area contributed by atoms with Gasteiger partial charge in [0, 0.05) is 31.3 Å². The number of fused-ring (bicyclic) bond motifs is 1. The van der Waals surface area contributed by atoms with Crippen LogP contribution in [0.1, 0.15) is 27.0 Å². The van der Waals surface area contributed by atoms with E-state index in [1.54, 1.807) is 18.2 Å². The number of carbonyl (C=O) groups excluding carboxylic acids is 2. The third-order valence-corrected chi connectivity index (χ3v) is 5.58. The van der Waals surface area contributed by atoms with Crippen LogP contribution in [0.15, 0.2) is 39.3 Å². The van der Waals surface area contributed by atoms with Crippen LogP contribution in [0.2, 0.25) is 0 Å². The first-order chi connectivity index (χ1) is 12.1. The summed E-state index contributed by atoms with van der Waals surface area (Å²) in [4.78, 5) is 23.7. The van der Waals surface area contributed by atoms with Crippen LogP contribution in [0.3, 0.4) is 0 Å². The van der Waals surface area contributed by atoms with Crippen molar-refractivity contribution in [1.82, 2.24) is 0 Å². The van der Waals surface area contributed by atoms with E-state index in [1.807, 2.05) is 6.92 Å². The molecule has 8 heteroatoms. The molecule has 26 heavy (non-hydrogen) atoms. The van der Waals surface area contributed by atoms with Crippen molar-refractivity contribution in [2.75, 3.05) is 5.32 Å². The predicted octanol–water partition coefficient (Wildman–Crippen LogP) is 5.76. The smallest absolute Gasteiger partial charge is 0.321 e. The summed E-state index contributed by atoms with van der Waals surface area (Å²) < 4.78 is 39.7. The van der Waals surface area contributed by atoms with Gasteiger partial charge in [0.1, 0.15) is 0 Å². The van der Waals surface area contributed by atoms with Gasteiger partial charge in [-0.15, -0.1) is 0 Å². The average molecular weight is 489 g/mol. The first-order valence-electron chi connectivity index (χ1n) is 7.32. The molecule has 0 aromatic heterocycles. The second-order valence-corrected chi connectivity index (χ2v) is 7.42. The Morgan fingerprint density at radius 3 is 2.31 bits per heavy atom. The molecule has 3 nitrogen and oxygen atoms in total. The van der Waals surface area contributed by atoms with Gasteiger partial charge in [-0.1, -0.05) is 31.9 Å². The summed E-state index contributed by atoms with van der Waals surface area (Å²) in [6, 6.07) is 7.03. The Balaban J connectivity index is 2.10. The van der Waals surface area contributed by atoms with Crippen LogP contribution in [-0.4, -0.2) is 17.9 Å². The first-order valence-corrected chi connectivity index (χ1v) is 8.91. The maximum absolute atomic E-state index is 12.7.